The Morgan fingerprint density at radius 2 is 2.15 bits per heavy atom. The van der Waals surface area contributed by atoms with Crippen LogP contribution in [0.5, 0.6) is 0 Å². The number of halogens is 1. The van der Waals surface area contributed by atoms with E-state index in [-0.39, 0.29) is 17.9 Å². The van der Waals surface area contributed by atoms with E-state index in [0.29, 0.717) is 17.1 Å². The summed E-state index contributed by atoms with van der Waals surface area (Å²) in [6, 6.07) is 5.40. The number of nitrogens with zero attached hydrogens (tertiary/aromatic N) is 2. The van der Waals surface area contributed by atoms with Gasteiger partial charge in [-0.3, -0.25) is 14.6 Å². The number of hydrogen-bond donors (Lipinski definition) is 1. The van der Waals surface area contributed by atoms with Gasteiger partial charge in [-0.25, -0.2) is 0 Å². The maximum absolute atomic E-state index is 13.1. The fourth-order valence-corrected chi connectivity index (χ4v) is 4.21. The maximum atomic E-state index is 13.1. The number of amides is 2. The first-order valence-corrected chi connectivity index (χ1v) is 9.26. The quantitative estimate of drug-likeness (QED) is 0.881. The average molecular weight is 370 g/mol. The van der Waals surface area contributed by atoms with Crippen LogP contribution in [-0.4, -0.2) is 23.3 Å². The third-order valence-corrected chi connectivity index (χ3v) is 5.41. The number of fused-ring (bicyclic) bond motifs is 2. The summed E-state index contributed by atoms with van der Waals surface area (Å²) in [6.07, 6.45) is 7.12. The summed E-state index contributed by atoms with van der Waals surface area (Å²) < 4.78 is 0. The summed E-state index contributed by atoms with van der Waals surface area (Å²) in [6.45, 7) is 2.14. The highest BCUT2D eigenvalue weighted by atomic mass is 35.5. The van der Waals surface area contributed by atoms with Crippen molar-refractivity contribution in [2.75, 3.05) is 11.4 Å². The van der Waals surface area contributed by atoms with Crippen molar-refractivity contribution in [2.24, 2.45) is 0 Å². The molecule has 1 aromatic heterocycles. The zero-order valence-electron chi connectivity index (χ0n) is 14.6. The van der Waals surface area contributed by atoms with E-state index in [4.69, 9.17) is 11.6 Å². The molecule has 0 bridgehead atoms. The lowest BCUT2D eigenvalue weighted by Crippen LogP contribution is -2.39. The van der Waals surface area contributed by atoms with Gasteiger partial charge in [-0.05, 0) is 60.6 Å². The molecule has 0 radical (unpaired) electrons. The van der Waals surface area contributed by atoms with E-state index in [1.54, 1.807) is 18.3 Å². The van der Waals surface area contributed by atoms with Crippen LogP contribution >= 0.6 is 11.6 Å². The van der Waals surface area contributed by atoms with Crippen LogP contribution in [0.15, 0.2) is 30.6 Å². The second kappa shape index (κ2) is 6.72. The first-order valence-electron chi connectivity index (χ1n) is 8.89. The fourth-order valence-electron chi connectivity index (χ4n) is 4.02. The summed E-state index contributed by atoms with van der Waals surface area (Å²) in [5.74, 6) is -0.0622. The number of carbonyl (C=O) groups is 2. The van der Waals surface area contributed by atoms with Gasteiger partial charge in [0.25, 0.3) is 5.91 Å². The topological polar surface area (TPSA) is 62.3 Å². The molecule has 0 saturated carbocycles. The van der Waals surface area contributed by atoms with Gasteiger partial charge >= 0.3 is 0 Å². The first kappa shape index (κ1) is 17.0. The lowest BCUT2D eigenvalue weighted by molar-refractivity contribution is -0.119. The van der Waals surface area contributed by atoms with Crippen LogP contribution < -0.4 is 10.2 Å². The third kappa shape index (κ3) is 2.97. The third-order valence-electron chi connectivity index (χ3n) is 5.18. The smallest absolute Gasteiger partial charge is 0.258 e. The highest BCUT2D eigenvalue weighted by molar-refractivity contribution is 6.30. The Bertz CT molecular complexity index is 897. The minimum atomic E-state index is -0.0480. The lowest BCUT2D eigenvalue weighted by Gasteiger charge is -2.33. The summed E-state index contributed by atoms with van der Waals surface area (Å²) >= 11 is 6.06. The number of benzene rings is 1. The van der Waals surface area contributed by atoms with Gasteiger partial charge in [0, 0.05) is 30.3 Å². The van der Waals surface area contributed by atoms with Crippen molar-refractivity contribution in [1.82, 2.24) is 10.3 Å². The minimum absolute atomic E-state index is 0.0141. The van der Waals surface area contributed by atoms with Gasteiger partial charge < -0.3 is 10.2 Å². The number of aromatic nitrogens is 1. The summed E-state index contributed by atoms with van der Waals surface area (Å²) in [4.78, 5) is 30.8. The Kier molecular flexibility index (Phi) is 4.41. The zero-order valence-corrected chi connectivity index (χ0v) is 15.3. The molecule has 1 unspecified atom stereocenters. The van der Waals surface area contributed by atoms with Crippen molar-refractivity contribution in [3.63, 3.8) is 0 Å². The summed E-state index contributed by atoms with van der Waals surface area (Å²) in [5.41, 5.74) is 4.71. The normalized spacial score (nSPS) is 18.9. The largest absolute Gasteiger partial charge is 0.349 e. The monoisotopic (exact) mass is 369 g/mol. The molecule has 1 aliphatic carbocycles. The molecule has 2 amide bonds. The number of pyridine rings is 1. The van der Waals surface area contributed by atoms with Gasteiger partial charge in [0.15, 0.2) is 0 Å². The van der Waals surface area contributed by atoms with Gasteiger partial charge in [-0.1, -0.05) is 11.6 Å². The molecule has 134 valence electrons. The molecule has 2 aromatic rings. The average Bonchev–Trinajstić information content (AvgIpc) is 2.61. The van der Waals surface area contributed by atoms with Crippen LogP contribution in [0.25, 0.3) is 0 Å². The SMILES string of the molecule is CC(=O)NC1CCCc2c1cncc2N1CCc2cc(Cl)ccc2C1=O. The molecule has 2 aliphatic rings. The van der Waals surface area contributed by atoms with E-state index < -0.39 is 0 Å². The van der Waals surface area contributed by atoms with Crippen molar-refractivity contribution < 1.29 is 9.59 Å². The Labute approximate surface area is 157 Å². The van der Waals surface area contributed by atoms with Gasteiger partial charge in [0.1, 0.15) is 0 Å². The van der Waals surface area contributed by atoms with Crippen LogP contribution in [0.1, 0.15) is 52.9 Å². The van der Waals surface area contributed by atoms with E-state index in [1.165, 1.54) is 6.92 Å². The van der Waals surface area contributed by atoms with Crippen molar-refractivity contribution in [3.8, 4) is 0 Å². The van der Waals surface area contributed by atoms with Crippen molar-refractivity contribution in [2.45, 2.75) is 38.6 Å². The van der Waals surface area contributed by atoms with Crippen molar-refractivity contribution in [1.29, 1.82) is 0 Å². The molecule has 4 rings (SSSR count). The van der Waals surface area contributed by atoms with Gasteiger partial charge in [0.05, 0.1) is 17.9 Å². The summed E-state index contributed by atoms with van der Waals surface area (Å²) in [5, 5.41) is 3.66. The van der Waals surface area contributed by atoms with Crippen LogP contribution in [0.4, 0.5) is 5.69 Å². The molecule has 2 heterocycles. The van der Waals surface area contributed by atoms with Crippen LogP contribution in [0, 0.1) is 0 Å². The molecule has 5 nitrogen and oxygen atoms in total. The van der Waals surface area contributed by atoms with Crippen LogP contribution in [0.3, 0.4) is 0 Å². The molecular weight excluding hydrogens is 350 g/mol. The van der Waals surface area contributed by atoms with E-state index in [1.807, 2.05) is 17.2 Å². The molecule has 0 saturated heterocycles. The van der Waals surface area contributed by atoms with E-state index in [2.05, 4.69) is 10.3 Å². The molecule has 1 aromatic carbocycles. The number of hydrogen-bond acceptors (Lipinski definition) is 3. The van der Waals surface area contributed by atoms with Gasteiger partial charge in [-0.2, -0.15) is 0 Å². The fraction of sp³-hybridized carbons (Fsp3) is 0.350. The van der Waals surface area contributed by atoms with E-state index in [0.717, 1.165) is 48.1 Å². The Morgan fingerprint density at radius 3 is 2.96 bits per heavy atom. The van der Waals surface area contributed by atoms with Gasteiger partial charge in [0.2, 0.25) is 5.91 Å². The van der Waals surface area contributed by atoms with E-state index in [9.17, 15) is 9.59 Å². The Morgan fingerprint density at radius 1 is 1.31 bits per heavy atom. The molecule has 1 N–H and O–H groups in total. The maximum Gasteiger partial charge on any atom is 0.258 e. The number of anilines is 1. The molecule has 0 spiro atoms. The number of nitrogens with one attached hydrogen (secondary N) is 1. The van der Waals surface area contributed by atoms with Crippen molar-refractivity contribution in [3.05, 3.63) is 57.9 Å². The highest BCUT2D eigenvalue weighted by Gasteiger charge is 2.30. The lowest BCUT2D eigenvalue weighted by atomic mass is 9.87. The summed E-state index contributed by atoms with van der Waals surface area (Å²) in [7, 11) is 0. The second-order valence-corrected chi connectivity index (χ2v) is 7.32. The molecule has 6 heteroatoms. The molecule has 26 heavy (non-hydrogen) atoms. The predicted octanol–water partition coefficient (Wildman–Crippen LogP) is 3.45. The number of carbonyl (C=O) groups excluding carboxylic acids is 2. The minimum Gasteiger partial charge on any atom is -0.349 e. The van der Waals surface area contributed by atoms with E-state index >= 15 is 0 Å². The standard InChI is InChI=1S/C20H20ClN3O2/c1-12(25)23-18-4-2-3-16-17(18)10-22-11-19(16)24-8-7-13-9-14(21)5-6-15(13)20(24)26/h5-6,9-11,18H,2-4,7-8H2,1H3,(H,23,25). The van der Waals surface area contributed by atoms with Crippen LogP contribution in [0.2, 0.25) is 5.02 Å². The molecular formula is C20H20ClN3O2. The van der Waals surface area contributed by atoms with Crippen LogP contribution in [-0.2, 0) is 17.6 Å². The second-order valence-electron chi connectivity index (χ2n) is 6.88. The number of rotatable bonds is 2. The van der Waals surface area contributed by atoms with Crippen molar-refractivity contribution >= 4 is 29.1 Å². The molecule has 0 fully saturated rings. The first-order chi connectivity index (χ1) is 12.5. The zero-order chi connectivity index (χ0) is 18.3. The Hall–Kier alpha value is -2.40. The molecule has 1 aliphatic heterocycles. The Balaban J connectivity index is 1.72. The predicted molar refractivity (Wildman–Crippen MR) is 101 cm³/mol. The molecule has 1 atom stereocenters. The van der Waals surface area contributed by atoms with Gasteiger partial charge in [-0.15, -0.1) is 0 Å². The highest BCUT2D eigenvalue weighted by Crippen LogP contribution is 2.36.